The third kappa shape index (κ3) is 4.38. The van der Waals surface area contributed by atoms with Gasteiger partial charge < -0.3 is 0 Å². The van der Waals surface area contributed by atoms with Crippen molar-refractivity contribution in [2.45, 2.75) is 13.1 Å². The molecule has 0 saturated heterocycles. The molecule has 208 valence electrons. The summed E-state index contributed by atoms with van der Waals surface area (Å²) in [6.07, 6.45) is -1.79. The fourth-order valence-corrected chi connectivity index (χ4v) is 6.20. The van der Waals surface area contributed by atoms with Crippen molar-refractivity contribution in [3.05, 3.63) is 138 Å². The van der Waals surface area contributed by atoms with Crippen LogP contribution in [0.25, 0.3) is 71.8 Å². The Balaban J connectivity index is 1.60. The van der Waals surface area contributed by atoms with E-state index in [4.69, 9.17) is 0 Å². The number of benzene rings is 7. The molecule has 0 radical (unpaired) electrons. The standard InChI is InChI=1S/C39H25F3O/c1-3-24-6-10-26(11-7-24)36-21-35(25-8-4-23(2)5-9-25)33-19-18-31-34(27-12-14-29(15-13-27)39(40,41)42)20-28(22-43)30-16-17-32(36)38(33)37(30)31/h3-22H,1H2,2H3. The summed E-state index contributed by atoms with van der Waals surface area (Å²) in [5.41, 5.74) is 7.56. The summed E-state index contributed by atoms with van der Waals surface area (Å²) in [6.45, 7) is 5.94. The van der Waals surface area contributed by atoms with Gasteiger partial charge in [-0.3, -0.25) is 4.79 Å². The SMILES string of the molecule is C=Cc1ccc(-c2cc(-c3ccc(C)cc3)c3ccc4c(-c5ccc(C(F)(F)F)cc5)cc(C=O)c5ccc2c3c54)cc1. The second-order valence-corrected chi connectivity index (χ2v) is 10.9. The first-order chi connectivity index (χ1) is 20.8. The van der Waals surface area contributed by atoms with Gasteiger partial charge in [0.15, 0.2) is 6.29 Å². The molecule has 4 heteroatoms. The van der Waals surface area contributed by atoms with Crippen molar-refractivity contribution in [3.8, 4) is 33.4 Å². The Bertz CT molecular complexity index is 2170. The van der Waals surface area contributed by atoms with Crippen molar-refractivity contribution in [3.63, 3.8) is 0 Å². The van der Waals surface area contributed by atoms with Crippen LogP contribution in [-0.4, -0.2) is 6.29 Å². The largest absolute Gasteiger partial charge is 0.416 e. The first kappa shape index (κ1) is 26.7. The Labute approximate surface area is 246 Å². The number of aryl methyl sites for hydroxylation is 1. The number of halogens is 3. The zero-order chi connectivity index (χ0) is 29.9. The lowest BCUT2D eigenvalue weighted by molar-refractivity contribution is -0.137. The van der Waals surface area contributed by atoms with Crippen LogP contribution in [0.3, 0.4) is 0 Å². The zero-order valence-electron chi connectivity index (χ0n) is 23.3. The van der Waals surface area contributed by atoms with E-state index in [1.165, 1.54) is 17.7 Å². The van der Waals surface area contributed by atoms with Gasteiger partial charge in [0.25, 0.3) is 0 Å². The van der Waals surface area contributed by atoms with Gasteiger partial charge in [-0.05, 0) is 102 Å². The molecule has 0 spiro atoms. The summed E-state index contributed by atoms with van der Waals surface area (Å²) < 4.78 is 40.0. The van der Waals surface area contributed by atoms with Gasteiger partial charge in [-0.25, -0.2) is 0 Å². The van der Waals surface area contributed by atoms with Crippen molar-refractivity contribution in [2.75, 3.05) is 0 Å². The number of hydrogen-bond donors (Lipinski definition) is 0. The second kappa shape index (κ2) is 9.95. The molecule has 0 aliphatic heterocycles. The van der Waals surface area contributed by atoms with E-state index in [2.05, 4.69) is 68.1 Å². The highest BCUT2D eigenvalue weighted by Gasteiger charge is 2.30. The summed E-state index contributed by atoms with van der Waals surface area (Å²) >= 11 is 0. The van der Waals surface area contributed by atoms with Crippen molar-refractivity contribution in [2.24, 2.45) is 0 Å². The van der Waals surface area contributed by atoms with Gasteiger partial charge in [-0.15, -0.1) is 0 Å². The van der Waals surface area contributed by atoms with Gasteiger partial charge in [0, 0.05) is 5.56 Å². The minimum absolute atomic E-state index is 0.495. The van der Waals surface area contributed by atoms with E-state index >= 15 is 0 Å². The number of alkyl halides is 3. The topological polar surface area (TPSA) is 17.1 Å². The van der Waals surface area contributed by atoms with E-state index in [-0.39, 0.29) is 0 Å². The minimum Gasteiger partial charge on any atom is -0.298 e. The number of carbonyl (C=O) groups is 1. The van der Waals surface area contributed by atoms with Crippen LogP contribution in [-0.2, 0) is 6.18 Å². The molecular weight excluding hydrogens is 541 g/mol. The molecule has 0 amide bonds. The summed E-state index contributed by atoms with van der Waals surface area (Å²) in [4.78, 5) is 12.4. The van der Waals surface area contributed by atoms with Gasteiger partial charge in [0.1, 0.15) is 0 Å². The molecule has 0 bridgehead atoms. The Morgan fingerprint density at radius 3 is 1.51 bits per heavy atom. The van der Waals surface area contributed by atoms with Crippen LogP contribution in [0.5, 0.6) is 0 Å². The quantitative estimate of drug-likeness (QED) is 0.150. The maximum absolute atomic E-state index is 13.3. The molecule has 0 heterocycles. The number of rotatable bonds is 5. The van der Waals surface area contributed by atoms with E-state index in [1.807, 2.05) is 30.3 Å². The molecule has 1 nitrogen and oxygen atoms in total. The van der Waals surface area contributed by atoms with Crippen LogP contribution in [0.15, 0.2) is 116 Å². The van der Waals surface area contributed by atoms with Crippen molar-refractivity contribution in [1.29, 1.82) is 0 Å². The molecule has 0 aliphatic carbocycles. The Morgan fingerprint density at radius 1 is 0.581 bits per heavy atom. The smallest absolute Gasteiger partial charge is 0.298 e. The molecule has 0 fully saturated rings. The Morgan fingerprint density at radius 2 is 1.02 bits per heavy atom. The molecule has 43 heavy (non-hydrogen) atoms. The third-order valence-corrected chi connectivity index (χ3v) is 8.40. The summed E-state index contributed by atoms with van der Waals surface area (Å²) in [7, 11) is 0. The highest BCUT2D eigenvalue weighted by molar-refractivity contribution is 6.31. The molecule has 0 saturated carbocycles. The van der Waals surface area contributed by atoms with Gasteiger partial charge in [-0.2, -0.15) is 13.2 Å². The predicted molar refractivity (Wildman–Crippen MR) is 172 cm³/mol. The van der Waals surface area contributed by atoms with Gasteiger partial charge in [-0.1, -0.05) is 103 Å². The fraction of sp³-hybridized carbons (Fsp3) is 0.0513. The number of aldehydes is 1. The van der Waals surface area contributed by atoms with E-state index < -0.39 is 11.7 Å². The highest BCUT2D eigenvalue weighted by atomic mass is 19.4. The Kier molecular flexibility index (Phi) is 6.17. The van der Waals surface area contributed by atoms with Crippen LogP contribution >= 0.6 is 0 Å². The summed E-state index contributed by atoms with van der Waals surface area (Å²) in [5, 5.41) is 5.72. The normalized spacial score (nSPS) is 11.9. The predicted octanol–water partition coefficient (Wildman–Crippen LogP) is 11.4. The van der Waals surface area contributed by atoms with Crippen LogP contribution in [0.4, 0.5) is 13.2 Å². The lowest BCUT2D eigenvalue weighted by atomic mass is 9.83. The van der Waals surface area contributed by atoms with Gasteiger partial charge >= 0.3 is 6.18 Å². The molecule has 0 atom stereocenters. The number of hydrogen-bond acceptors (Lipinski definition) is 1. The third-order valence-electron chi connectivity index (χ3n) is 8.40. The summed E-state index contributed by atoms with van der Waals surface area (Å²) in [6, 6.07) is 34.0. The first-order valence-corrected chi connectivity index (χ1v) is 14.0. The summed E-state index contributed by atoms with van der Waals surface area (Å²) in [5.74, 6) is 0. The van der Waals surface area contributed by atoms with Crippen molar-refractivity contribution >= 4 is 44.7 Å². The van der Waals surface area contributed by atoms with E-state index in [0.29, 0.717) is 11.1 Å². The fourth-order valence-electron chi connectivity index (χ4n) is 6.20. The highest BCUT2D eigenvalue weighted by Crippen LogP contribution is 2.47. The zero-order valence-corrected chi connectivity index (χ0v) is 23.3. The Hall–Kier alpha value is -5.22. The molecule has 0 aromatic heterocycles. The molecule has 7 rings (SSSR count). The maximum Gasteiger partial charge on any atom is 0.416 e. The molecule has 7 aromatic rings. The molecule has 0 unspecified atom stereocenters. The van der Waals surface area contributed by atoms with Crippen LogP contribution in [0, 0.1) is 6.92 Å². The van der Waals surface area contributed by atoms with Crippen LogP contribution in [0.2, 0.25) is 0 Å². The minimum atomic E-state index is -4.43. The van der Waals surface area contributed by atoms with Crippen LogP contribution in [0.1, 0.15) is 27.0 Å². The second-order valence-electron chi connectivity index (χ2n) is 10.9. The van der Waals surface area contributed by atoms with E-state index in [0.717, 1.165) is 84.1 Å². The van der Waals surface area contributed by atoms with Gasteiger partial charge in [0.2, 0.25) is 0 Å². The van der Waals surface area contributed by atoms with E-state index in [1.54, 1.807) is 6.07 Å². The lowest BCUT2D eigenvalue weighted by Crippen LogP contribution is -2.04. The molecular formula is C39H25F3O. The molecule has 0 aliphatic rings. The van der Waals surface area contributed by atoms with Crippen LogP contribution < -0.4 is 0 Å². The van der Waals surface area contributed by atoms with Crippen molar-refractivity contribution < 1.29 is 18.0 Å². The average Bonchev–Trinajstić information content (AvgIpc) is 3.03. The van der Waals surface area contributed by atoms with Crippen molar-refractivity contribution in [1.82, 2.24) is 0 Å². The monoisotopic (exact) mass is 566 g/mol. The molecule has 7 aromatic carbocycles. The molecule has 0 N–H and O–H groups in total. The van der Waals surface area contributed by atoms with Gasteiger partial charge in [0.05, 0.1) is 5.56 Å². The maximum atomic E-state index is 13.3. The lowest BCUT2D eigenvalue weighted by Gasteiger charge is -2.20. The van der Waals surface area contributed by atoms with E-state index in [9.17, 15) is 18.0 Å². The first-order valence-electron chi connectivity index (χ1n) is 14.0. The number of carbonyl (C=O) groups excluding carboxylic acids is 1. The average molecular weight is 567 g/mol.